The molecule has 2 aromatic heterocycles. The first-order chi connectivity index (χ1) is 15.6. The summed E-state index contributed by atoms with van der Waals surface area (Å²) in [4.78, 5) is 37.7. The van der Waals surface area contributed by atoms with Crippen molar-refractivity contribution in [2.45, 2.75) is 6.54 Å². The zero-order chi connectivity index (χ0) is 22.1. The summed E-state index contributed by atoms with van der Waals surface area (Å²) in [5, 5.41) is 3.73. The van der Waals surface area contributed by atoms with Crippen LogP contribution in [0.2, 0.25) is 0 Å². The number of aromatic nitrogens is 3. The molecule has 5 aromatic rings. The number of anilines is 1. The van der Waals surface area contributed by atoms with E-state index in [2.05, 4.69) is 14.1 Å². The third-order valence-electron chi connectivity index (χ3n) is 5.09. The number of amides is 1. The van der Waals surface area contributed by atoms with Gasteiger partial charge >= 0.3 is 5.97 Å². The van der Waals surface area contributed by atoms with Crippen LogP contribution in [0.3, 0.4) is 0 Å². The Hall–Kier alpha value is -4.11. The van der Waals surface area contributed by atoms with Crippen molar-refractivity contribution in [1.29, 1.82) is 0 Å². The Morgan fingerprint density at radius 1 is 0.906 bits per heavy atom. The number of carbonyl (C=O) groups excluding carboxylic acids is 2. The van der Waals surface area contributed by atoms with Crippen molar-refractivity contribution in [2.24, 2.45) is 0 Å². The van der Waals surface area contributed by atoms with Crippen LogP contribution in [0.4, 0.5) is 5.69 Å². The number of rotatable bonds is 5. The molecule has 0 saturated carbocycles. The van der Waals surface area contributed by atoms with Crippen molar-refractivity contribution in [2.75, 3.05) is 11.9 Å². The van der Waals surface area contributed by atoms with E-state index >= 15 is 0 Å². The van der Waals surface area contributed by atoms with Crippen molar-refractivity contribution in [1.82, 2.24) is 13.3 Å². The highest BCUT2D eigenvalue weighted by Gasteiger charge is 2.15. The van der Waals surface area contributed by atoms with Crippen LogP contribution >= 0.6 is 11.7 Å². The van der Waals surface area contributed by atoms with E-state index in [4.69, 9.17) is 4.74 Å². The van der Waals surface area contributed by atoms with Gasteiger partial charge in [0, 0.05) is 10.8 Å². The highest BCUT2D eigenvalue weighted by molar-refractivity contribution is 7.00. The molecule has 0 unspecified atom stereocenters. The van der Waals surface area contributed by atoms with Gasteiger partial charge in [-0.05, 0) is 36.4 Å². The Bertz CT molecular complexity index is 1500. The third kappa shape index (κ3) is 3.58. The Kier molecular flexibility index (Phi) is 5.08. The Morgan fingerprint density at radius 2 is 1.59 bits per heavy atom. The molecule has 0 fully saturated rings. The van der Waals surface area contributed by atoms with Crippen molar-refractivity contribution >= 4 is 62.1 Å². The van der Waals surface area contributed by atoms with Crippen molar-refractivity contribution in [3.05, 3.63) is 77.0 Å². The molecule has 0 aliphatic heterocycles. The topological polar surface area (TPSA) is 103 Å². The van der Waals surface area contributed by atoms with Gasteiger partial charge in [-0.1, -0.05) is 30.3 Å². The smallest absolute Gasteiger partial charge is 0.326 e. The van der Waals surface area contributed by atoms with Crippen LogP contribution in [-0.4, -0.2) is 31.8 Å². The van der Waals surface area contributed by atoms with Crippen LogP contribution in [0.15, 0.2) is 71.5 Å². The van der Waals surface area contributed by atoms with Crippen LogP contribution in [0, 0.1) is 0 Å². The molecule has 0 radical (unpaired) electrons. The lowest BCUT2D eigenvalue weighted by molar-refractivity contribution is -0.147. The van der Waals surface area contributed by atoms with Gasteiger partial charge in [0.25, 0.3) is 5.91 Å². The largest absolute Gasteiger partial charge is 0.454 e. The Morgan fingerprint density at radius 3 is 2.31 bits per heavy atom. The maximum atomic E-state index is 12.8. The van der Waals surface area contributed by atoms with Gasteiger partial charge in [-0.2, -0.15) is 8.75 Å². The highest BCUT2D eigenvalue weighted by atomic mass is 32.1. The predicted molar refractivity (Wildman–Crippen MR) is 123 cm³/mol. The highest BCUT2D eigenvalue weighted by Crippen LogP contribution is 2.21. The van der Waals surface area contributed by atoms with Crippen LogP contribution in [0.5, 0.6) is 0 Å². The maximum Gasteiger partial charge on any atom is 0.326 e. The summed E-state index contributed by atoms with van der Waals surface area (Å²) < 4.78 is 15.2. The monoisotopic (exact) mass is 444 g/mol. The van der Waals surface area contributed by atoms with Gasteiger partial charge in [0.15, 0.2) is 12.0 Å². The maximum absolute atomic E-state index is 12.8. The standard InChI is InChI=1S/C23H16N4O4S/c28-20(24-16-8-5-9-17-22(16)26-32-25-17)13-31-21(29)12-27-18-10-3-1-6-14(18)23(30)15-7-2-4-11-19(15)27/h1-11H,12-13H2,(H,24,28). The second kappa shape index (κ2) is 8.20. The molecule has 3 aromatic carbocycles. The molecule has 0 aliphatic rings. The molecule has 0 saturated heterocycles. The second-order valence-corrected chi connectivity index (χ2v) is 7.62. The number of esters is 1. The third-order valence-corrected chi connectivity index (χ3v) is 5.63. The minimum Gasteiger partial charge on any atom is -0.454 e. The van der Waals surface area contributed by atoms with Gasteiger partial charge in [-0.15, -0.1) is 0 Å². The molecule has 0 bridgehead atoms. The van der Waals surface area contributed by atoms with Gasteiger partial charge in [-0.25, -0.2) is 0 Å². The molecule has 8 nitrogen and oxygen atoms in total. The number of pyridine rings is 1. The normalized spacial score (nSPS) is 11.1. The summed E-state index contributed by atoms with van der Waals surface area (Å²) in [5.74, 6) is -1.07. The van der Waals surface area contributed by atoms with E-state index in [1.165, 1.54) is 0 Å². The summed E-state index contributed by atoms with van der Waals surface area (Å²) >= 11 is 1.05. The van der Waals surface area contributed by atoms with Crippen molar-refractivity contribution in [3.8, 4) is 0 Å². The molecule has 9 heteroatoms. The molecule has 1 N–H and O–H groups in total. The van der Waals surface area contributed by atoms with Gasteiger partial charge in [-0.3, -0.25) is 14.4 Å². The van der Waals surface area contributed by atoms with E-state index in [0.717, 1.165) is 11.7 Å². The second-order valence-electron chi connectivity index (χ2n) is 7.10. The number of hydrogen-bond donors (Lipinski definition) is 1. The fourth-order valence-corrected chi connectivity index (χ4v) is 4.21. The van der Waals surface area contributed by atoms with Gasteiger partial charge in [0.05, 0.1) is 28.4 Å². The van der Waals surface area contributed by atoms with E-state index in [9.17, 15) is 14.4 Å². The average molecular weight is 444 g/mol. The molecular formula is C23H16N4O4S. The quantitative estimate of drug-likeness (QED) is 0.329. The predicted octanol–water partition coefficient (Wildman–Crippen LogP) is 3.34. The summed E-state index contributed by atoms with van der Waals surface area (Å²) in [7, 11) is 0. The fraction of sp³-hybridized carbons (Fsp3) is 0.0870. The van der Waals surface area contributed by atoms with E-state index in [0.29, 0.717) is 38.5 Å². The molecule has 0 spiro atoms. The molecule has 1 amide bonds. The van der Waals surface area contributed by atoms with Crippen molar-refractivity contribution < 1.29 is 14.3 Å². The lowest BCUT2D eigenvalue weighted by Gasteiger charge is -2.14. The molecule has 2 heterocycles. The van der Waals surface area contributed by atoms with Crippen molar-refractivity contribution in [3.63, 3.8) is 0 Å². The summed E-state index contributed by atoms with van der Waals surface area (Å²) in [6.07, 6.45) is 0. The number of carbonyl (C=O) groups is 2. The van der Waals surface area contributed by atoms with Crippen LogP contribution < -0.4 is 10.7 Å². The van der Waals surface area contributed by atoms with Crippen LogP contribution in [0.25, 0.3) is 32.8 Å². The molecule has 158 valence electrons. The van der Waals surface area contributed by atoms with E-state index < -0.39 is 18.5 Å². The number of para-hydroxylation sites is 2. The number of nitrogens with one attached hydrogen (secondary N) is 1. The summed E-state index contributed by atoms with van der Waals surface area (Å²) in [5.41, 5.74) is 2.94. The molecule has 5 rings (SSSR count). The van der Waals surface area contributed by atoms with E-state index in [-0.39, 0.29) is 12.0 Å². The summed E-state index contributed by atoms with van der Waals surface area (Å²) in [6, 6.07) is 19.5. The number of ether oxygens (including phenoxy) is 1. The Labute approximate surface area is 185 Å². The minimum absolute atomic E-state index is 0.0918. The first-order valence-electron chi connectivity index (χ1n) is 9.79. The van der Waals surface area contributed by atoms with Gasteiger partial charge in [0.2, 0.25) is 0 Å². The zero-order valence-electron chi connectivity index (χ0n) is 16.6. The number of nitrogens with zero attached hydrogens (tertiary/aromatic N) is 3. The number of hydrogen-bond acceptors (Lipinski definition) is 7. The van der Waals surface area contributed by atoms with Gasteiger partial charge in [0.1, 0.15) is 17.6 Å². The lowest BCUT2D eigenvalue weighted by Crippen LogP contribution is -2.24. The number of fused-ring (bicyclic) bond motifs is 3. The SMILES string of the molecule is O=C(COC(=O)Cn1c2ccccc2c(=O)c2ccccc21)Nc1cccc2nsnc12. The molecule has 0 atom stereocenters. The van der Waals surface area contributed by atoms with E-state index in [1.54, 1.807) is 71.3 Å². The first kappa shape index (κ1) is 19.8. The van der Waals surface area contributed by atoms with Crippen LogP contribution in [-0.2, 0) is 20.9 Å². The van der Waals surface area contributed by atoms with Crippen LogP contribution in [0.1, 0.15) is 0 Å². The van der Waals surface area contributed by atoms with E-state index in [1.807, 2.05) is 0 Å². The number of benzene rings is 3. The lowest BCUT2D eigenvalue weighted by atomic mass is 10.1. The molecule has 32 heavy (non-hydrogen) atoms. The Balaban J connectivity index is 1.35. The van der Waals surface area contributed by atoms with Gasteiger partial charge < -0.3 is 14.6 Å². The summed E-state index contributed by atoms with van der Waals surface area (Å²) in [6.45, 7) is -0.580. The average Bonchev–Trinajstić information content (AvgIpc) is 3.30. The molecular weight excluding hydrogens is 428 g/mol. The zero-order valence-corrected chi connectivity index (χ0v) is 17.5. The fourth-order valence-electron chi connectivity index (χ4n) is 3.66. The molecule has 0 aliphatic carbocycles. The first-order valence-corrected chi connectivity index (χ1v) is 10.5. The minimum atomic E-state index is -0.590.